The molecule has 0 saturated heterocycles. The molecule has 106 valence electrons. The molecule has 0 bridgehead atoms. The van der Waals surface area contributed by atoms with Gasteiger partial charge in [-0.1, -0.05) is 35.5 Å². The van der Waals surface area contributed by atoms with Crippen LogP contribution >= 0.6 is 23.4 Å². The fourth-order valence-corrected chi connectivity index (χ4v) is 2.26. The van der Waals surface area contributed by atoms with Crippen molar-refractivity contribution >= 4 is 35.2 Å². The Morgan fingerprint density at radius 1 is 1.40 bits per heavy atom. The van der Waals surface area contributed by atoms with Gasteiger partial charge in [0.15, 0.2) is 0 Å². The normalized spacial score (nSPS) is 10.4. The molecule has 1 aromatic heterocycles. The average Bonchev–Trinajstić information content (AvgIpc) is 2.85. The number of nitrogen functional groups attached to an aromatic ring is 1. The van der Waals surface area contributed by atoms with Crippen LogP contribution in [0.4, 0.5) is 5.95 Å². The highest BCUT2D eigenvalue weighted by atomic mass is 35.5. The van der Waals surface area contributed by atoms with Gasteiger partial charge in [-0.3, -0.25) is 4.79 Å². The minimum atomic E-state index is -0.0627. The molecule has 2 rings (SSSR count). The molecule has 4 N–H and O–H groups in total. The van der Waals surface area contributed by atoms with Crippen LogP contribution in [0.5, 0.6) is 0 Å². The van der Waals surface area contributed by atoms with Gasteiger partial charge in [0.05, 0.1) is 5.75 Å². The van der Waals surface area contributed by atoms with E-state index in [2.05, 4.69) is 20.5 Å². The molecule has 2 aromatic rings. The number of aromatic amines is 1. The predicted molar refractivity (Wildman–Crippen MR) is 79.7 cm³/mol. The van der Waals surface area contributed by atoms with Gasteiger partial charge >= 0.3 is 0 Å². The van der Waals surface area contributed by atoms with E-state index < -0.39 is 0 Å². The van der Waals surface area contributed by atoms with Crippen LogP contribution in [-0.2, 0) is 11.2 Å². The van der Waals surface area contributed by atoms with Crippen LogP contribution in [0.1, 0.15) is 5.56 Å². The fraction of sp³-hybridized carbons (Fsp3) is 0.250. The highest BCUT2D eigenvalue weighted by Gasteiger charge is 2.06. The summed E-state index contributed by atoms with van der Waals surface area (Å²) in [4.78, 5) is 15.5. The molecule has 0 spiro atoms. The molecule has 6 nitrogen and oxygen atoms in total. The Balaban J connectivity index is 1.66. The molecule has 0 unspecified atom stereocenters. The number of anilines is 1. The Hall–Kier alpha value is -1.73. The Labute approximate surface area is 125 Å². The van der Waals surface area contributed by atoms with E-state index in [0.29, 0.717) is 16.7 Å². The summed E-state index contributed by atoms with van der Waals surface area (Å²) >= 11 is 7.04. The second-order valence-electron chi connectivity index (χ2n) is 4.02. The molecule has 1 heterocycles. The summed E-state index contributed by atoms with van der Waals surface area (Å²) in [5.41, 5.74) is 6.52. The van der Waals surface area contributed by atoms with Crippen molar-refractivity contribution in [1.29, 1.82) is 0 Å². The number of carbonyl (C=O) groups excluding carboxylic acids is 1. The van der Waals surface area contributed by atoms with Crippen molar-refractivity contribution in [2.45, 2.75) is 11.6 Å². The van der Waals surface area contributed by atoms with Gasteiger partial charge in [0.1, 0.15) is 0 Å². The topological polar surface area (TPSA) is 96.7 Å². The maximum absolute atomic E-state index is 11.6. The first-order chi connectivity index (χ1) is 9.63. The zero-order chi connectivity index (χ0) is 14.4. The molecular formula is C12H14ClN5OS. The monoisotopic (exact) mass is 311 g/mol. The van der Waals surface area contributed by atoms with Crippen molar-refractivity contribution in [3.8, 4) is 0 Å². The zero-order valence-corrected chi connectivity index (χ0v) is 12.2. The highest BCUT2D eigenvalue weighted by molar-refractivity contribution is 7.99. The number of hydrogen-bond donors (Lipinski definition) is 3. The number of amides is 1. The molecule has 20 heavy (non-hydrogen) atoms. The van der Waals surface area contributed by atoms with Gasteiger partial charge in [0.25, 0.3) is 0 Å². The predicted octanol–water partition coefficient (Wildman–Crippen LogP) is 1.49. The van der Waals surface area contributed by atoms with E-state index in [1.165, 1.54) is 11.8 Å². The van der Waals surface area contributed by atoms with Gasteiger partial charge in [-0.15, -0.1) is 5.10 Å². The lowest BCUT2D eigenvalue weighted by Gasteiger charge is -2.04. The van der Waals surface area contributed by atoms with Crippen molar-refractivity contribution < 1.29 is 4.79 Å². The number of hydrogen-bond acceptors (Lipinski definition) is 5. The second-order valence-corrected chi connectivity index (χ2v) is 5.40. The fourth-order valence-electron chi connectivity index (χ4n) is 1.50. The molecule has 0 aliphatic rings. The smallest absolute Gasteiger partial charge is 0.230 e. The number of halogens is 1. The molecule has 1 aromatic carbocycles. The summed E-state index contributed by atoms with van der Waals surface area (Å²) < 4.78 is 0. The van der Waals surface area contributed by atoms with E-state index in [1.54, 1.807) is 0 Å². The van der Waals surface area contributed by atoms with Crippen LogP contribution < -0.4 is 11.1 Å². The minimum absolute atomic E-state index is 0.0627. The van der Waals surface area contributed by atoms with Crippen LogP contribution in [0, 0.1) is 0 Å². The third-order valence-electron chi connectivity index (χ3n) is 2.46. The van der Waals surface area contributed by atoms with E-state index in [4.69, 9.17) is 17.3 Å². The van der Waals surface area contributed by atoms with E-state index in [-0.39, 0.29) is 17.6 Å². The van der Waals surface area contributed by atoms with Crippen molar-refractivity contribution in [3.05, 3.63) is 34.9 Å². The molecule has 0 radical (unpaired) electrons. The Kier molecular flexibility index (Phi) is 5.25. The number of benzene rings is 1. The van der Waals surface area contributed by atoms with Crippen molar-refractivity contribution in [1.82, 2.24) is 20.5 Å². The van der Waals surface area contributed by atoms with E-state index in [0.717, 1.165) is 12.0 Å². The SMILES string of the molecule is Nc1nc(SCC(=O)NCCc2ccc(Cl)cc2)n[nH]1. The third-order valence-corrected chi connectivity index (χ3v) is 3.56. The number of nitrogens with zero attached hydrogens (tertiary/aromatic N) is 2. The quantitative estimate of drug-likeness (QED) is 0.702. The van der Waals surface area contributed by atoms with Gasteiger partial charge in [-0.2, -0.15) is 4.98 Å². The van der Waals surface area contributed by atoms with Gasteiger partial charge in [0.2, 0.25) is 17.0 Å². The summed E-state index contributed by atoms with van der Waals surface area (Å²) in [6.45, 7) is 0.581. The summed E-state index contributed by atoms with van der Waals surface area (Å²) in [6.07, 6.45) is 0.765. The molecule has 0 aliphatic carbocycles. The van der Waals surface area contributed by atoms with E-state index in [1.807, 2.05) is 24.3 Å². The van der Waals surface area contributed by atoms with Crippen LogP contribution in [0.2, 0.25) is 5.02 Å². The number of rotatable bonds is 6. The number of thioether (sulfide) groups is 1. The van der Waals surface area contributed by atoms with Crippen LogP contribution in [-0.4, -0.2) is 33.4 Å². The Morgan fingerprint density at radius 3 is 2.80 bits per heavy atom. The summed E-state index contributed by atoms with van der Waals surface area (Å²) in [5, 5.41) is 10.4. The zero-order valence-electron chi connectivity index (χ0n) is 10.6. The van der Waals surface area contributed by atoms with Gasteiger partial charge < -0.3 is 11.1 Å². The van der Waals surface area contributed by atoms with E-state index in [9.17, 15) is 4.79 Å². The van der Waals surface area contributed by atoms with Crippen molar-refractivity contribution in [3.63, 3.8) is 0 Å². The average molecular weight is 312 g/mol. The van der Waals surface area contributed by atoms with Crippen molar-refractivity contribution in [2.75, 3.05) is 18.0 Å². The van der Waals surface area contributed by atoms with Crippen molar-refractivity contribution in [2.24, 2.45) is 0 Å². The molecular weight excluding hydrogens is 298 g/mol. The third kappa shape index (κ3) is 4.75. The lowest BCUT2D eigenvalue weighted by molar-refractivity contribution is -0.118. The first-order valence-electron chi connectivity index (χ1n) is 5.95. The molecule has 0 atom stereocenters. The number of carbonyl (C=O) groups is 1. The molecule has 8 heteroatoms. The molecule has 0 aliphatic heterocycles. The summed E-state index contributed by atoms with van der Waals surface area (Å²) in [7, 11) is 0. The van der Waals surface area contributed by atoms with Gasteiger partial charge in [-0.25, -0.2) is 5.10 Å². The minimum Gasteiger partial charge on any atom is -0.368 e. The van der Waals surface area contributed by atoms with Crippen LogP contribution in [0.15, 0.2) is 29.4 Å². The second kappa shape index (κ2) is 7.16. The van der Waals surface area contributed by atoms with Gasteiger partial charge in [-0.05, 0) is 24.1 Å². The van der Waals surface area contributed by atoms with Crippen LogP contribution in [0.25, 0.3) is 0 Å². The number of nitrogens with one attached hydrogen (secondary N) is 2. The summed E-state index contributed by atoms with van der Waals surface area (Å²) in [6, 6.07) is 7.56. The highest BCUT2D eigenvalue weighted by Crippen LogP contribution is 2.12. The molecule has 0 saturated carbocycles. The summed E-state index contributed by atoms with van der Waals surface area (Å²) in [5.74, 6) is 0.445. The lowest BCUT2D eigenvalue weighted by Crippen LogP contribution is -2.27. The number of aromatic nitrogens is 3. The Morgan fingerprint density at radius 2 is 2.15 bits per heavy atom. The largest absolute Gasteiger partial charge is 0.368 e. The Bertz CT molecular complexity index is 571. The first kappa shape index (κ1) is 14.7. The van der Waals surface area contributed by atoms with Gasteiger partial charge in [0, 0.05) is 11.6 Å². The molecule has 0 fully saturated rings. The lowest BCUT2D eigenvalue weighted by atomic mass is 10.1. The maximum atomic E-state index is 11.6. The van der Waals surface area contributed by atoms with E-state index >= 15 is 0 Å². The molecule has 1 amide bonds. The number of H-pyrrole nitrogens is 1. The van der Waals surface area contributed by atoms with Crippen LogP contribution in [0.3, 0.4) is 0 Å². The first-order valence-corrected chi connectivity index (χ1v) is 7.31. The maximum Gasteiger partial charge on any atom is 0.230 e. The standard InChI is InChI=1S/C12H14ClN5OS/c13-9-3-1-8(2-4-9)5-6-15-10(19)7-20-12-16-11(14)17-18-12/h1-4H,5-7H2,(H,15,19)(H3,14,16,17,18). The number of nitrogens with two attached hydrogens (primary N) is 1.